The molecule has 0 spiro atoms. The fourth-order valence-corrected chi connectivity index (χ4v) is 5.50. The number of benzene rings is 3. The van der Waals surface area contributed by atoms with E-state index in [1.165, 1.54) is 16.9 Å². The largest absolute Gasteiger partial charge is 0.489 e. The van der Waals surface area contributed by atoms with E-state index >= 15 is 0 Å². The van der Waals surface area contributed by atoms with Crippen molar-refractivity contribution in [1.82, 2.24) is 5.32 Å². The van der Waals surface area contributed by atoms with Gasteiger partial charge in [0.25, 0.3) is 5.91 Å². The summed E-state index contributed by atoms with van der Waals surface area (Å²) in [6.45, 7) is 1.05. The van der Waals surface area contributed by atoms with Gasteiger partial charge in [-0.25, -0.2) is 4.99 Å². The molecule has 4 nitrogen and oxygen atoms in total. The molecular formula is C30H28N2O2S. The molecule has 4 aromatic rings. The standard InChI is InChI=1S/C30H28N2O2S/c33-29(31-19-22-9-3-1-4-10-22)28-26-13-7-8-14-27(26)35-30(28)32-20-23-15-17-25(18-16-23)34-21-24-11-5-2-6-12-24/h1-6,9-12,15-18,20H,7-8,13-14,19,21H2,(H,31,33)/b32-20+. The molecule has 0 aliphatic heterocycles. The molecule has 0 bridgehead atoms. The molecular weight excluding hydrogens is 452 g/mol. The van der Waals surface area contributed by atoms with Crippen LogP contribution in [0.1, 0.15) is 50.3 Å². The number of thiophene rings is 1. The van der Waals surface area contributed by atoms with Crippen molar-refractivity contribution >= 4 is 28.5 Å². The molecule has 35 heavy (non-hydrogen) atoms. The zero-order chi connectivity index (χ0) is 23.9. The minimum absolute atomic E-state index is 0.0370. The maximum Gasteiger partial charge on any atom is 0.254 e. The Balaban J connectivity index is 1.29. The van der Waals surface area contributed by atoms with Gasteiger partial charge in [-0.3, -0.25) is 4.79 Å². The highest BCUT2D eigenvalue weighted by Gasteiger charge is 2.25. The van der Waals surface area contributed by atoms with E-state index in [9.17, 15) is 4.79 Å². The predicted molar refractivity (Wildman–Crippen MR) is 143 cm³/mol. The van der Waals surface area contributed by atoms with Gasteiger partial charge in [0.05, 0.1) is 5.56 Å². The minimum Gasteiger partial charge on any atom is -0.489 e. The van der Waals surface area contributed by atoms with Crippen LogP contribution >= 0.6 is 11.3 Å². The molecule has 1 N–H and O–H groups in total. The number of nitrogens with one attached hydrogen (secondary N) is 1. The molecule has 0 fully saturated rings. The van der Waals surface area contributed by atoms with Crippen LogP contribution in [-0.4, -0.2) is 12.1 Å². The van der Waals surface area contributed by atoms with Gasteiger partial charge in [0, 0.05) is 17.6 Å². The molecule has 0 unspecified atom stereocenters. The number of carbonyl (C=O) groups is 1. The first-order valence-electron chi connectivity index (χ1n) is 12.0. The third-order valence-electron chi connectivity index (χ3n) is 6.13. The fraction of sp³-hybridized carbons (Fsp3) is 0.200. The van der Waals surface area contributed by atoms with Crippen molar-refractivity contribution < 1.29 is 9.53 Å². The van der Waals surface area contributed by atoms with Crippen LogP contribution in [-0.2, 0) is 26.0 Å². The van der Waals surface area contributed by atoms with E-state index in [4.69, 9.17) is 9.73 Å². The summed E-state index contributed by atoms with van der Waals surface area (Å²) in [6, 6.07) is 28.0. The Kier molecular flexibility index (Phi) is 7.35. The van der Waals surface area contributed by atoms with Gasteiger partial charge >= 0.3 is 0 Å². The van der Waals surface area contributed by atoms with E-state index in [1.807, 2.05) is 79.0 Å². The van der Waals surface area contributed by atoms with E-state index < -0.39 is 0 Å². The summed E-state index contributed by atoms with van der Waals surface area (Å²) < 4.78 is 5.88. The molecule has 1 heterocycles. The summed E-state index contributed by atoms with van der Waals surface area (Å²) in [7, 11) is 0. The summed E-state index contributed by atoms with van der Waals surface area (Å²) in [5, 5.41) is 3.90. The number of aryl methyl sites for hydroxylation is 1. The summed E-state index contributed by atoms with van der Waals surface area (Å²) in [4.78, 5) is 19.3. The van der Waals surface area contributed by atoms with Crippen molar-refractivity contribution in [3.8, 4) is 5.75 Å². The molecule has 3 aromatic carbocycles. The van der Waals surface area contributed by atoms with Crippen molar-refractivity contribution in [2.75, 3.05) is 0 Å². The number of hydrogen-bond acceptors (Lipinski definition) is 4. The van der Waals surface area contributed by atoms with Crippen molar-refractivity contribution in [2.24, 2.45) is 4.99 Å². The third kappa shape index (κ3) is 5.87. The third-order valence-corrected chi connectivity index (χ3v) is 7.33. The monoisotopic (exact) mass is 480 g/mol. The molecule has 1 aliphatic carbocycles. The van der Waals surface area contributed by atoms with Crippen LogP contribution in [0.5, 0.6) is 5.75 Å². The zero-order valence-corrected chi connectivity index (χ0v) is 20.4. The smallest absolute Gasteiger partial charge is 0.254 e. The Labute approximate surface area is 210 Å². The number of nitrogens with zero attached hydrogens (tertiary/aromatic N) is 1. The maximum absolute atomic E-state index is 13.2. The first kappa shape index (κ1) is 23.1. The van der Waals surface area contributed by atoms with Gasteiger partial charge in [-0.15, -0.1) is 11.3 Å². The Bertz CT molecular complexity index is 1300. The lowest BCUT2D eigenvalue weighted by atomic mass is 9.95. The van der Waals surface area contributed by atoms with E-state index in [0.29, 0.717) is 13.2 Å². The molecule has 5 rings (SSSR count). The van der Waals surface area contributed by atoms with Crippen LogP contribution in [0.4, 0.5) is 5.00 Å². The second-order valence-electron chi connectivity index (χ2n) is 8.66. The predicted octanol–water partition coefficient (Wildman–Crippen LogP) is 6.89. The quantitative estimate of drug-likeness (QED) is 0.279. The number of aliphatic imine (C=N–C) groups is 1. The van der Waals surface area contributed by atoms with E-state index in [0.717, 1.165) is 52.3 Å². The van der Waals surface area contributed by atoms with Crippen molar-refractivity contribution in [3.05, 3.63) is 118 Å². The van der Waals surface area contributed by atoms with E-state index in [-0.39, 0.29) is 5.91 Å². The molecule has 1 amide bonds. The summed E-state index contributed by atoms with van der Waals surface area (Å²) in [5.74, 6) is 0.781. The fourth-order valence-electron chi connectivity index (χ4n) is 4.27. The number of carbonyl (C=O) groups excluding carboxylic acids is 1. The average molecular weight is 481 g/mol. The van der Waals surface area contributed by atoms with Crippen LogP contribution in [0.15, 0.2) is 89.9 Å². The molecule has 1 aliphatic rings. The van der Waals surface area contributed by atoms with Crippen molar-refractivity contribution in [1.29, 1.82) is 0 Å². The molecule has 0 saturated carbocycles. The first-order valence-corrected chi connectivity index (χ1v) is 12.9. The highest BCUT2D eigenvalue weighted by molar-refractivity contribution is 7.16. The lowest BCUT2D eigenvalue weighted by molar-refractivity contribution is 0.0951. The van der Waals surface area contributed by atoms with Crippen LogP contribution in [0.3, 0.4) is 0 Å². The molecule has 0 saturated heterocycles. The van der Waals surface area contributed by atoms with E-state index in [1.54, 1.807) is 11.3 Å². The summed E-state index contributed by atoms with van der Waals surface area (Å²) in [5.41, 5.74) is 5.13. The number of hydrogen-bond donors (Lipinski definition) is 1. The molecule has 5 heteroatoms. The average Bonchev–Trinajstić information content (AvgIpc) is 3.30. The van der Waals surface area contributed by atoms with Crippen molar-refractivity contribution in [2.45, 2.75) is 38.8 Å². The van der Waals surface area contributed by atoms with Crippen LogP contribution in [0.2, 0.25) is 0 Å². The van der Waals surface area contributed by atoms with Gasteiger partial charge in [0.2, 0.25) is 0 Å². The van der Waals surface area contributed by atoms with Crippen LogP contribution in [0.25, 0.3) is 0 Å². The molecule has 0 atom stereocenters. The van der Waals surface area contributed by atoms with Crippen LogP contribution in [0, 0.1) is 0 Å². The summed E-state index contributed by atoms with van der Waals surface area (Å²) >= 11 is 1.66. The Morgan fingerprint density at radius 2 is 1.57 bits per heavy atom. The molecule has 0 radical (unpaired) electrons. The van der Waals surface area contributed by atoms with Gasteiger partial charge in [0.15, 0.2) is 0 Å². The first-order chi connectivity index (χ1) is 17.3. The minimum atomic E-state index is -0.0370. The maximum atomic E-state index is 13.2. The molecule has 176 valence electrons. The number of fused-ring (bicyclic) bond motifs is 1. The van der Waals surface area contributed by atoms with Gasteiger partial charge in [0.1, 0.15) is 17.4 Å². The SMILES string of the molecule is O=C(NCc1ccccc1)c1c(/N=C/c2ccc(OCc3ccccc3)cc2)sc2c1CCCC2. The topological polar surface area (TPSA) is 50.7 Å². The van der Waals surface area contributed by atoms with Gasteiger partial charge in [-0.05, 0) is 72.2 Å². The van der Waals surface area contributed by atoms with Gasteiger partial charge in [-0.2, -0.15) is 0 Å². The summed E-state index contributed by atoms with van der Waals surface area (Å²) in [6.07, 6.45) is 6.11. The zero-order valence-electron chi connectivity index (χ0n) is 19.6. The normalized spacial score (nSPS) is 12.9. The van der Waals surface area contributed by atoms with Gasteiger partial charge in [-0.1, -0.05) is 60.7 Å². The Morgan fingerprint density at radius 3 is 2.31 bits per heavy atom. The van der Waals surface area contributed by atoms with Crippen LogP contribution < -0.4 is 10.1 Å². The lowest BCUT2D eigenvalue weighted by Crippen LogP contribution is -2.24. The van der Waals surface area contributed by atoms with Crippen molar-refractivity contribution in [3.63, 3.8) is 0 Å². The lowest BCUT2D eigenvalue weighted by Gasteiger charge is -2.12. The number of ether oxygens (including phenoxy) is 1. The number of amides is 1. The number of rotatable bonds is 8. The molecule has 1 aromatic heterocycles. The van der Waals surface area contributed by atoms with E-state index in [2.05, 4.69) is 17.4 Å². The second kappa shape index (κ2) is 11.2. The highest BCUT2D eigenvalue weighted by Crippen LogP contribution is 2.39. The highest BCUT2D eigenvalue weighted by atomic mass is 32.1. The second-order valence-corrected chi connectivity index (χ2v) is 9.74. The Hall–Kier alpha value is -3.70. The Morgan fingerprint density at radius 1 is 0.886 bits per heavy atom. The van der Waals surface area contributed by atoms with Gasteiger partial charge < -0.3 is 10.1 Å².